The number of β-amino-alcohol motifs (C(OH)–C–C–N with tert-alkyl or cyclic N) is 1. The Morgan fingerprint density at radius 3 is 2.39 bits per heavy atom. The van der Waals surface area contributed by atoms with E-state index in [2.05, 4.69) is 72.4 Å². The Labute approximate surface area is 447 Å². The number of carbonyl (C=O) groups excluding carboxylic acids is 4. The van der Waals surface area contributed by atoms with Crippen LogP contribution in [0.5, 0.6) is 0 Å². The Hall–Kier alpha value is -6.42. The predicted molar refractivity (Wildman–Crippen MR) is 288 cm³/mol. The number of hydrogen-bond acceptors (Lipinski definition) is 13. The lowest BCUT2D eigenvalue weighted by molar-refractivity contribution is -0.144. The summed E-state index contributed by atoms with van der Waals surface area (Å²) in [5.41, 5.74) is 10.2. The van der Waals surface area contributed by atoms with Crippen LogP contribution in [0, 0.1) is 18.2 Å². The number of ether oxygens (including phenoxy) is 3. The quantitative estimate of drug-likeness (QED) is 0.0396. The average molecular weight is 1060 g/mol. The summed E-state index contributed by atoms with van der Waals surface area (Å²) in [4.78, 5) is 65.5. The van der Waals surface area contributed by atoms with E-state index in [1.807, 2.05) is 63.7 Å². The van der Waals surface area contributed by atoms with Crippen molar-refractivity contribution in [2.24, 2.45) is 5.41 Å². The predicted octanol–water partition coefficient (Wildman–Crippen LogP) is 5.99. The van der Waals surface area contributed by atoms with E-state index >= 15 is 0 Å². The third-order valence-electron chi connectivity index (χ3n) is 13.8. The number of aliphatic hydroxyl groups is 1. The number of aryl methyl sites for hydroxylation is 2. The van der Waals surface area contributed by atoms with Crippen LogP contribution in [0.2, 0.25) is 0 Å². The van der Waals surface area contributed by atoms with Crippen molar-refractivity contribution in [3.8, 4) is 21.7 Å². The minimum absolute atomic E-state index is 0.00439. The van der Waals surface area contributed by atoms with Gasteiger partial charge in [-0.3, -0.25) is 19.2 Å². The van der Waals surface area contributed by atoms with E-state index in [-0.39, 0.29) is 56.9 Å². The van der Waals surface area contributed by atoms with Crippen LogP contribution in [0.1, 0.15) is 84.9 Å². The molecule has 6 aromatic rings. The first-order valence-corrected chi connectivity index (χ1v) is 27.1. The molecule has 3 unspecified atom stereocenters. The monoisotopic (exact) mass is 1060 g/mol. The van der Waals surface area contributed by atoms with Gasteiger partial charge in [0, 0.05) is 61.8 Å². The van der Waals surface area contributed by atoms with Crippen molar-refractivity contribution in [2.75, 3.05) is 66.3 Å². The van der Waals surface area contributed by atoms with Crippen LogP contribution < -0.4 is 16.0 Å². The second-order valence-corrected chi connectivity index (χ2v) is 21.6. The van der Waals surface area contributed by atoms with Crippen molar-refractivity contribution < 1.29 is 42.9 Å². The van der Waals surface area contributed by atoms with Crippen LogP contribution in [0.15, 0.2) is 72.4 Å². The van der Waals surface area contributed by atoms with Crippen LogP contribution in [0.3, 0.4) is 0 Å². The number of amides is 4. The Morgan fingerprint density at radius 2 is 1.67 bits per heavy atom. The molecule has 0 saturated carbocycles. The molecule has 5 N–H and O–H groups in total. The number of rotatable bonds is 26. The van der Waals surface area contributed by atoms with Gasteiger partial charge in [-0.2, -0.15) is 0 Å². The fraction of sp³-hybridized carbons (Fsp3) is 0.482. The molecular formula is C56H71FN10O8S. The van der Waals surface area contributed by atoms with Gasteiger partial charge in [0.05, 0.1) is 79.6 Å². The number of unbranched alkanes of at least 4 members (excludes halogenated alkanes) is 1. The zero-order chi connectivity index (χ0) is 53.8. The summed E-state index contributed by atoms with van der Waals surface area (Å²) in [7, 11) is 2.12. The summed E-state index contributed by atoms with van der Waals surface area (Å²) >= 11 is 1.57. The molecule has 0 radical (unpaired) electrons. The molecule has 2 aliphatic rings. The number of likely N-dealkylation sites (tertiary alicyclic amines) is 1. The van der Waals surface area contributed by atoms with Gasteiger partial charge in [0.1, 0.15) is 17.9 Å². The van der Waals surface area contributed by atoms with Gasteiger partial charge in [0.2, 0.25) is 17.7 Å². The largest absolute Gasteiger partial charge is 0.391 e. The summed E-state index contributed by atoms with van der Waals surface area (Å²) in [5, 5.41) is 28.6. The molecule has 0 aliphatic carbocycles. The van der Waals surface area contributed by atoms with Gasteiger partial charge < -0.3 is 50.1 Å². The van der Waals surface area contributed by atoms with E-state index < -0.39 is 35.3 Å². The number of benzene rings is 3. The first-order valence-electron chi connectivity index (χ1n) is 26.2. The van der Waals surface area contributed by atoms with E-state index in [0.717, 1.165) is 82.0 Å². The van der Waals surface area contributed by atoms with Crippen LogP contribution >= 0.6 is 11.3 Å². The van der Waals surface area contributed by atoms with Gasteiger partial charge in [0.25, 0.3) is 5.91 Å². The number of thiazole rings is 1. The standard InChI is InChI=1S/C56H71FN10O8S/c1-36-51(76-35-60-36)40-15-9-37(10-16-40)31-59-54(71)47-30-43(68)34-67(47)55(72)52(56(2,3)4)62-48(69)18-22-73-24-26-75-27-25-74-23-21-66-33-42(63-64-66)8-6-7-20-65(5)32-38-11-13-39(14-12-38)50-44-17-19-58-53(70)45-28-41(57)29-46(61-50)49(44)45/h9-16,28-29,33,35,43,47,52,61,68H,6-8,17-27,30-32,34H2,1-5H3,(H,58,70)(H,59,71)(H,62,69). The zero-order valence-corrected chi connectivity index (χ0v) is 45.0. The van der Waals surface area contributed by atoms with Crippen molar-refractivity contribution in [3.63, 3.8) is 0 Å². The van der Waals surface area contributed by atoms with Gasteiger partial charge in [0.15, 0.2) is 0 Å². The molecule has 5 heterocycles. The molecule has 2 aliphatic heterocycles. The number of carbonyl (C=O) groups is 4. The molecule has 76 heavy (non-hydrogen) atoms. The van der Waals surface area contributed by atoms with Crippen LogP contribution in [0.4, 0.5) is 4.39 Å². The second kappa shape index (κ2) is 26.1. The molecule has 0 bridgehead atoms. The normalized spacial score (nSPS) is 16.1. The summed E-state index contributed by atoms with van der Waals surface area (Å²) in [6, 6.07) is 17.3. The Kier molecular flexibility index (Phi) is 19.2. The molecule has 0 spiro atoms. The highest BCUT2D eigenvalue weighted by atomic mass is 32.1. The average Bonchev–Trinajstić information content (AvgIpc) is 4.21. The molecule has 3 atom stereocenters. The molecule has 3 aromatic heterocycles. The summed E-state index contributed by atoms with van der Waals surface area (Å²) in [6.07, 6.45) is 4.73. The molecule has 18 nitrogen and oxygen atoms in total. The number of aromatic nitrogens is 5. The van der Waals surface area contributed by atoms with Crippen LogP contribution in [0.25, 0.3) is 32.6 Å². The number of nitrogens with one attached hydrogen (secondary N) is 4. The molecule has 20 heteroatoms. The minimum Gasteiger partial charge on any atom is -0.391 e. The van der Waals surface area contributed by atoms with Gasteiger partial charge >= 0.3 is 0 Å². The van der Waals surface area contributed by atoms with E-state index in [9.17, 15) is 28.7 Å². The SMILES string of the molecule is Cc1ncsc1-c1ccc(CNC(=O)C2CC(O)CN2C(=O)C(NC(=O)CCOCCOCCOCCn2cc(CCCCN(C)Cc3ccc(-c4[nH]c5cc(F)cc6c5c4CCNC6=O)cc3)nn2)C(C)(C)C)cc1. The molecule has 1 saturated heterocycles. The van der Waals surface area contributed by atoms with Gasteiger partial charge in [-0.1, -0.05) is 74.5 Å². The fourth-order valence-corrected chi connectivity index (χ4v) is 10.5. The van der Waals surface area contributed by atoms with E-state index in [1.54, 1.807) is 16.0 Å². The zero-order valence-electron chi connectivity index (χ0n) is 44.2. The van der Waals surface area contributed by atoms with Gasteiger partial charge in [-0.05, 0) is 91.6 Å². The molecular weight excluding hydrogens is 992 g/mol. The maximum atomic E-state index is 14.3. The Balaban J connectivity index is 0.650. The molecule has 8 rings (SSSR count). The first kappa shape index (κ1) is 55.8. The van der Waals surface area contributed by atoms with E-state index in [1.165, 1.54) is 22.6 Å². The molecule has 1 fully saturated rings. The molecule has 4 amide bonds. The third-order valence-corrected chi connectivity index (χ3v) is 14.7. The number of H-pyrrole nitrogens is 1. The van der Waals surface area contributed by atoms with E-state index in [4.69, 9.17) is 14.2 Å². The van der Waals surface area contributed by atoms with Crippen LogP contribution in [-0.4, -0.2) is 148 Å². The topological polar surface area (TPSA) is 218 Å². The Morgan fingerprint density at radius 1 is 0.961 bits per heavy atom. The van der Waals surface area contributed by atoms with E-state index in [0.29, 0.717) is 57.0 Å². The van der Waals surface area contributed by atoms with Crippen molar-refractivity contribution in [1.82, 2.24) is 50.7 Å². The number of halogens is 1. The summed E-state index contributed by atoms with van der Waals surface area (Å²) in [6.45, 7) is 12.6. The smallest absolute Gasteiger partial charge is 0.252 e. The highest BCUT2D eigenvalue weighted by Crippen LogP contribution is 2.35. The number of hydrogen-bond donors (Lipinski definition) is 5. The number of aromatic amines is 1. The lowest BCUT2D eigenvalue weighted by atomic mass is 9.85. The van der Waals surface area contributed by atoms with Gasteiger partial charge in [-0.15, -0.1) is 16.4 Å². The first-order chi connectivity index (χ1) is 36.6. The Bertz CT molecular complexity index is 2920. The van der Waals surface area contributed by atoms with Crippen molar-refractivity contribution in [1.29, 1.82) is 0 Å². The molecule has 3 aromatic carbocycles. The number of aliphatic hydroxyl groups excluding tert-OH is 1. The summed E-state index contributed by atoms with van der Waals surface area (Å²) < 4.78 is 33.1. The lowest BCUT2D eigenvalue weighted by Crippen LogP contribution is -2.57. The molecule has 406 valence electrons. The van der Waals surface area contributed by atoms with Gasteiger partial charge in [-0.25, -0.2) is 14.1 Å². The maximum absolute atomic E-state index is 14.3. The minimum atomic E-state index is -0.928. The van der Waals surface area contributed by atoms with Crippen molar-refractivity contribution in [3.05, 3.63) is 112 Å². The van der Waals surface area contributed by atoms with Crippen molar-refractivity contribution in [2.45, 2.75) is 104 Å². The third kappa shape index (κ3) is 14.7. The van der Waals surface area contributed by atoms with Crippen molar-refractivity contribution >= 4 is 45.9 Å². The summed E-state index contributed by atoms with van der Waals surface area (Å²) in [5.74, 6) is -1.82. The number of nitrogens with zero attached hydrogens (tertiary/aromatic N) is 6. The highest BCUT2D eigenvalue weighted by molar-refractivity contribution is 7.13. The fourth-order valence-electron chi connectivity index (χ4n) is 9.73. The van der Waals surface area contributed by atoms with Crippen LogP contribution in [-0.2, 0) is 61.1 Å². The second-order valence-electron chi connectivity index (χ2n) is 20.8. The highest BCUT2D eigenvalue weighted by Gasteiger charge is 2.44. The lowest BCUT2D eigenvalue weighted by Gasteiger charge is -2.35. The maximum Gasteiger partial charge on any atom is 0.252 e.